The van der Waals surface area contributed by atoms with Crippen molar-refractivity contribution in [2.45, 2.75) is 12.8 Å². The second kappa shape index (κ2) is 3.59. The van der Waals surface area contributed by atoms with Crippen molar-refractivity contribution < 1.29 is 9.90 Å². The van der Waals surface area contributed by atoms with Crippen molar-refractivity contribution in [2.24, 2.45) is 0 Å². The molecule has 3 heteroatoms. The third-order valence-electron chi connectivity index (χ3n) is 1.72. The highest BCUT2D eigenvalue weighted by molar-refractivity contribution is 6.30. The average molecular weight is 185 g/mol. The Hall–Kier alpha value is -1.02. The van der Waals surface area contributed by atoms with Gasteiger partial charge in [0, 0.05) is 5.02 Å². The van der Waals surface area contributed by atoms with E-state index in [-0.39, 0.29) is 0 Å². The average Bonchev–Trinajstić information content (AvgIpc) is 2.03. The van der Waals surface area contributed by atoms with Crippen molar-refractivity contribution >= 4 is 17.6 Å². The summed E-state index contributed by atoms with van der Waals surface area (Å²) < 4.78 is 0. The van der Waals surface area contributed by atoms with Crippen LogP contribution in [0.3, 0.4) is 0 Å². The maximum atomic E-state index is 10.6. The molecule has 1 N–H and O–H groups in total. The first-order chi connectivity index (χ1) is 5.61. The van der Waals surface area contributed by atoms with E-state index in [0.717, 1.165) is 5.56 Å². The highest BCUT2D eigenvalue weighted by atomic mass is 35.5. The van der Waals surface area contributed by atoms with Crippen LogP contribution in [-0.4, -0.2) is 11.1 Å². The summed E-state index contributed by atoms with van der Waals surface area (Å²) in [5.41, 5.74) is 0.731. The third kappa shape index (κ3) is 1.98. The normalized spacial score (nSPS) is 12.5. The number of carboxylic acid groups (broad SMARTS) is 1. The fraction of sp³-hybridized carbons (Fsp3) is 0.222. The molecule has 0 saturated carbocycles. The van der Waals surface area contributed by atoms with Crippen LogP contribution in [0.15, 0.2) is 24.3 Å². The number of carboxylic acids is 1. The zero-order valence-electron chi connectivity index (χ0n) is 6.62. The molecule has 0 aliphatic heterocycles. The summed E-state index contributed by atoms with van der Waals surface area (Å²) in [7, 11) is 0. The summed E-state index contributed by atoms with van der Waals surface area (Å²) in [5.74, 6) is -1.33. The summed E-state index contributed by atoms with van der Waals surface area (Å²) in [6.45, 7) is 1.63. The zero-order chi connectivity index (χ0) is 9.14. The van der Waals surface area contributed by atoms with Gasteiger partial charge in [-0.15, -0.1) is 0 Å². The molecule has 0 fully saturated rings. The van der Waals surface area contributed by atoms with Gasteiger partial charge in [-0.3, -0.25) is 4.79 Å². The first-order valence-corrected chi connectivity index (χ1v) is 3.97. The van der Waals surface area contributed by atoms with E-state index in [4.69, 9.17) is 16.7 Å². The molecular weight excluding hydrogens is 176 g/mol. The predicted molar refractivity (Wildman–Crippen MR) is 47.5 cm³/mol. The van der Waals surface area contributed by atoms with E-state index >= 15 is 0 Å². The first-order valence-electron chi connectivity index (χ1n) is 3.59. The molecule has 0 radical (unpaired) electrons. The summed E-state index contributed by atoms with van der Waals surface area (Å²) in [6, 6.07) is 6.89. The SMILES string of the molecule is C[C@@H](C(=O)O)c1cccc(Cl)c1. The van der Waals surface area contributed by atoms with Crippen molar-refractivity contribution in [2.75, 3.05) is 0 Å². The van der Waals surface area contributed by atoms with E-state index in [1.54, 1.807) is 31.2 Å². The fourth-order valence-corrected chi connectivity index (χ4v) is 1.12. The Morgan fingerprint density at radius 1 is 1.58 bits per heavy atom. The molecule has 0 aliphatic rings. The van der Waals surface area contributed by atoms with Crippen molar-refractivity contribution in [3.63, 3.8) is 0 Å². The predicted octanol–water partition coefficient (Wildman–Crippen LogP) is 2.53. The van der Waals surface area contributed by atoms with Crippen LogP contribution in [0.4, 0.5) is 0 Å². The summed E-state index contributed by atoms with van der Waals surface area (Å²) in [5, 5.41) is 9.25. The van der Waals surface area contributed by atoms with Gasteiger partial charge in [-0.05, 0) is 24.6 Å². The number of aliphatic carboxylic acids is 1. The number of hydrogen-bond donors (Lipinski definition) is 1. The van der Waals surface area contributed by atoms with E-state index in [2.05, 4.69) is 0 Å². The van der Waals surface area contributed by atoms with E-state index in [0.29, 0.717) is 5.02 Å². The third-order valence-corrected chi connectivity index (χ3v) is 1.95. The van der Waals surface area contributed by atoms with Crippen LogP contribution in [0.5, 0.6) is 0 Å². The molecular formula is C9H9ClO2. The minimum atomic E-state index is -0.836. The van der Waals surface area contributed by atoms with Gasteiger partial charge in [0.05, 0.1) is 5.92 Å². The van der Waals surface area contributed by atoms with E-state index < -0.39 is 11.9 Å². The first kappa shape index (κ1) is 9.07. The number of halogens is 1. The maximum Gasteiger partial charge on any atom is 0.310 e. The lowest BCUT2D eigenvalue weighted by Crippen LogP contribution is -2.06. The highest BCUT2D eigenvalue weighted by Crippen LogP contribution is 2.18. The van der Waals surface area contributed by atoms with Crippen LogP contribution < -0.4 is 0 Å². The Morgan fingerprint density at radius 2 is 2.25 bits per heavy atom. The van der Waals surface area contributed by atoms with Gasteiger partial charge in [0.25, 0.3) is 0 Å². The van der Waals surface area contributed by atoms with Crippen LogP contribution in [0.25, 0.3) is 0 Å². The van der Waals surface area contributed by atoms with Gasteiger partial charge >= 0.3 is 5.97 Å². The quantitative estimate of drug-likeness (QED) is 0.767. The van der Waals surface area contributed by atoms with Crippen molar-refractivity contribution in [3.8, 4) is 0 Å². The minimum Gasteiger partial charge on any atom is -0.481 e. The largest absolute Gasteiger partial charge is 0.481 e. The van der Waals surface area contributed by atoms with Crippen LogP contribution >= 0.6 is 11.6 Å². The fourth-order valence-electron chi connectivity index (χ4n) is 0.919. The number of carbonyl (C=O) groups is 1. The van der Waals surface area contributed by atoms with Gasteiger partial charge < -0.3 is 5.11 Å². The molecule has 0 aromatic heterocycles. The molecule has 64 valence electrons. The van der Waals surface area contributed by atoms with Crippen LogP contribution in [0, 0.1) is 0 Å². The molecule has 0 saturated heterocycles. The zero-order valence-corrected chi connectivity index (χ0v) is 7.38. The molecule has 0 spiro atoms. The van der Waals surface area contributed by atoms with Gasteiger partial charge in [-0.1, -0.05) is 23.7 Å². The lowest BCUT2D eigenvalue weighted by atomic mass is 10.0. The van der Waals surface area contributed by atoms with Crippen molar-refractivity contribution in [1.29, 1.82) is 0 Å². The molecule has 12 heavy (non-hydrogen) atoms. The summed E-state index contributed by atoms with van der Waals surface area (Å²) >= 11 is 5.70. The van der Waals surface area contributed by atoms with Crippen molar-refractivity contribution in [3.05, 3.63) is 34.9 Å². The second-order valence-electron chi connectivity index (χ2n) is 2.61. The maximum absolute atomic E-state index is 10.6. The Labute approximate surface area is 75.8 Å². The topological polar surface area (TPSA) is 37.3 Å². The molecule has 0 unspecified atom stereocenters. The Kier molecular flexibility index (Phi) is 2.71. The lowest BCUT2D eigenvalue weighted by Gasteiger charge is -2.05. The molecule has 2 nitrogen and oxygen atoms in total. The summed E-state index contributed by atoms with van der Waals surface area (Å²) in [6.07, 6.45) is 0. The number of benzene rings is 1. The number of rotatable bonds is 2. The molecule has 1 atom stereocenters. The van der Waals surface area contributed by atoms with Gasteiger partial charge in [0.1, 0.15) is 0 Å². The van der Waals surface area contributed by atoms with E-state index in [1.165, 1.54) is 0 Å². The Balaban J connectivity index is 2.95. The molecule has 0 bridgehead atoms. The van der Waals surface area contributed by atoms with Crippen LogP contribution in [0.2, 0.25) is 5.02 Å². The molecule has 0 amide bonds. The monoisotopic (exact) mass is 184 g/mol. The molecule has 0 heterocycles. The molecule has 1 aromatic rings. The Bertz CT molecular complexity index is 296. The number of hydrogen-bond acceptors (Lipinski definition) is 1. The van der Waals surface area contributed by atoms with E-state index in [1.807, 2.05) is 0 Å². The highest BCUT2D eigenvalue weighted by Gasteiger charge is 2.12. The van der Waals surface area contributed by atoms with Gasteiger partial charge in [0.2, 0.25) is 0 Å². The Morgan fingerprint density at radius 3 is 2.75 bits per heavy atom. The molecule has 1 aromatic carbocycles. The smallest absolute Gasteiger partial charge is 0.310 e. The molecule has 0 aliphatic carbocycles. The lowest BCUT2D eigenvalue weighted by molar-refractivity contribution is -0.138. The van der Waals surface area contributed by atoms with Crippen LogP contribution in [0.1, 0.15) is 18.4 Å². The molecule has 1 rings (SSSR count). The van der Waals surface area contributed by atoms with Crippen molar-refractivity contribution in [1.82, 2.24) is 0 Å². The van der Waals surface area contributed by atoms with Crippen LogP contribution in [-0.2, 0) is 4.79 Å². The van der Waals surface area contributed by atoms with Gasteiger partial charge in [0.15, 0.2) is 0 Å². The van der Waals surface area contributed by atoms with Gasteiger partial charge in [-0.25, -0.2) is 0 Å². The standard InChI is InChI=1S/C9H9ClO2/c1-6(9(11)12)7-3-2-4-8(10)5-7/h2-6H,1H3,(H,11,12)/t6-/m1/s1. The second-order valence-corrected chi connectivity index (χ2v) is 3.05. The van der Waals surface area contributed by atoms with Gasteiger partial charge in [-0.2, -0.15) is 0 Å². The minimum absolute atomic E-state index is 0.497. The summed E-state index contributed by atoms with van der Waals surface area (Å²) in [4.78, 5) is 10.6. The van der Waals surface area contributed by atoms with E-state index in [9.17, 15) is 4.79 Å².